The lowest BCUT2D eigenvalue weighted by molar-refractivity contribution is -0.149. The summed E-state index contributed by atoms with van der Waals surface area (Å²) >= 11 is 0. The highest BCUT2D eigenvalue weighted by molar-refractivity contribution is 5.83. The molecule has 0 saturated carbocycles. The third kappa shape index (κ3) is 5.54. The van der Waals surface area contributed by atoms with E-state index in [1.165, 1.54) is 19.1 Å². The van der Waals surface area contributed by atoms with Gasteiger partial charge in [0.15, 0.2) is 0 Å². The molecule has 1 atom stereocenters. The minimum atomic E-state index is -0.804. The van der Waals surface area contributed by atoms with Gasteiger partial charge in [-0.15, -0.1) is 0 Å². The zero-order chi connectivity index (χ0) is 16.7. The highest BCUT2D eigenvalue weighted by Gasteiger charge is 2.21. The van der Waals surface area contributed by atoms with E-state index in [-0.39, 0.29) is 24.8 Å². The summed E-state index contributed by atoms with van der Waals surface area (Å²) in [4.78, 5) is 23.5. The Kier molecular flexibility index (Phi) is 5.86. The summed E-state index contributed by atoms with van der Waals surface area (Å²) in [6.07, 6.45) is 0.244. The SMILES string of the molecule is CC(=O)N[C@H](Cc1ccc(F)cc1)C(=O)OCc1ccccc1. The van der Waals surface area contributed by atoms with Gasteiger partial charge in [0.1, 0.15) is 18.5 Å². The zero-order valence-corrected chi connectivity index (χ0v) is 12.8. The molecule has 1 amide bonds. The van der Waals surface area contributed by atoms with E-state index in [2.05, 4.69) is 5.32 Å². The lowest BCUT2D eigenvalue weighted by atomic mass is 10.1. The molecule has 2 aromatic rings. The van der Waals surface area contributed by atoms with Crippen molar-refractivity contribution in [1.82, 2.24) is 5.32 Å². The number of halogens is 1. The third-order valence-corrected chi connectivity index (χ3v) is 3.24. The second kappa shape index (κ2) is 8.08. The molecule has 1 N–H and O–H groups in total. The number of esters is 1. The molecule has 4 nitrogen and oxygen atoms in total. The fourth-order valence-corrected chi connectivity index (χ4v) is 2.12. The fraction of sp³-hybridized carbons (Fsp3) is 0.222. The number of rotatable bonds is 6. The Hall–Kier alpha value is -2.69. The molecule has 2 rings (SSSR count). The molecule has 0 spiro atoms. The van der Waals surface area contributed by atoms with Crippen LogP contribution in [0.25, 0.3) is 0 Å². The van der Waals surface area contributed by atoms with Crippen LogP contribution >= 0.6 is 0 Å². The lowest BCUT2D eigenvalue weighted by Gasteiger charge is -2.17. The molecule has 0 radical (unpaired) electrons. The lowest BCUT2D eigenvalue weighted by Crippen LogP contribution is -2.42. The van der Waals surface area contributed by atoms with Gasteiger partial charge in [-0.2, -0.15) is 0 Å². The molecule has 0 fully saturated rings. The van der Waals surface area contributed by atoms with Crippen LogP contribution in [0.1, 0.15) is 18.1 Å². The molecular weight excluding hydrogens is 297 g/mol. The van der Waals surface area contributed by atoms with Crippen molar-refractivity contribution in [2.45, 2.75) is 26.0 Å². The van der Waals surface area contributed by atoms with E-state index in [1.807, 2.05) is 30.3 Å². The molecule has 0 bridgehead atoms. The van der Waals surface area contributed by atoms with Crippen molar-refractivity contribution in [3.8, 4) is 0 Å². The van der Waals surface area contributed by atoms with Crippen LogP contribution in [0.15, 0.2) is 54.6 Å². The molecule has 23 heavy (non-hydrogen) atoms. The van der Waals surface area contributed by atoms with Gasteiger partial charge in [-0.1, -0.05) is 42.5 Å². The van der Waals surface area contributed by atoms with Gasteiger partial charge in [-0.05, 0) is 23.3 Å². The summed E-state index contributed by atoms with van der Waals surface area (Å²) in [5.41, 5.74) is 1.60. The number of carbonyl (C=O) groups excluding carboxylic acids is 2. The minimum absolute atomic E-state index is 0.138. The van der Waals surface area contributed by atoms with Crippen LogP contribution in [0, 0.1) is 5.82 Å². The maximum Gasteiger partial charge on any atom is 0.329 e. The maximum atomic E-state index is 12.9. The quantitative estimate of drug-likeness (QED) is 0.834. The predicted molar refractivity (Wildman–Crippen MR) is 83.9 cm³/mol. The summed E-state index contributed by atoms with van der Waals surface area (Å²) in [7, 11) is 0. The van der Waals surface area contributed by atoms with Crippen LogP contribution in [0.3, 0.4) is 0 Å². The number of hydrogen-bond acceptors (Lipinski definition) is 3. The Balaban J connectivity index is 2.00. The molecule has 0 unspecified atom stereocenters. The van der Waals surface area contributed by atoms with Gasteiger partial charge in [-0.25, -0.2) is 9.18 Å². The molecular formula is C18H18FNO3. The normalized spacial score (nSPS) is 11.6. The van der Waals surface area contributed by atoms with Gasteiger partial charge in [-0.3, -0.25) is 4.79 Å². The van der Waals surface area contributed by atoms with Crippen LogP contribution in [-0.4, -0.2) is 17.9 Å². The number of benzene rings is 2. The smallest absolute Gasteiger partial charge is 0.329 e. The Bertz CT molecular complexity index is 656. The van der Waals surface area contributed by atoms with Gasteiger partial charge in [0.05, 0.1) is 0 Å². The fourth-order valence-electron chi connectivity index (χ4n) is 2.12. The van der Waals surface area contributed by atoms with Crippen LogP contribution in [0.5, 0.6) is 0 Å². The summed E-state index contributed by atoms with van der Waals surface area (Å²) in [5.74, 6) is -1.20. The first-order valence-electron chi connectivity index (χ1n) is 7.26. The van der Waals surface area contributed by atoms with Crippen molar-refractivity contribution in [3.05, 3.63) is 71.5 Å². The van der Waals surface area contributed by atoms with Crippen molar-refractivity contribution in [3.63, 3.8) is 0 Å². The molecule has 2 aromatic carbocycles. The van der Waals surface area contributed by atoms with E-state index in [9.17, 15) is 14.0 Å². The monoisotopic (exact) mass is 315 g/mol. The molecule has 0 heterocycles. The standard InChI is InChI=1S/C18H18FNO3/c1-13(21)20-17(11-14-7-9-16(19)10-8-14)18(22)23-12-15-5-3-2-4-6-15/h2-10,17H,11-12H2,1H3,(H,20,21)/t17-/m1/s1. The van der Waals surface area contributed by atoms with Crippen LogP contribution in [0.4, 0.5) is 4.39 Å². The van der Waals surface area contributed by atoms with E-state index in [0.29, 0.717) is 0 Å². The first-order chi connectivity index (χ1) is 11.0. The zero-order valence-electron chi connectivity index (χ0n) is 12.8. The number of hydrogen-bond donors (Lipinski definition) is 1. The van der Waals surface area contributed by atoms with E-state index < -0.39 is 12.0 Å². The van der Waals surface area contributed by atoms with Gasteiger partial charge in [0, 0.05) is 13.3 Å². The largest absolute Gasteiger partial charge is 0.459 e. The number of carbonyl (C=O) groups is 2. The van der Waals surface area contributed by atoms with Crippen molar-refractivity contribution in [2.75, 3.05) is 0 Å². The van der Waals surface area contributed by atoms with E-state index in [1.54, 1.807) is 12.1 Å². The average molecular weight is 315 g/mol. The Morgan fingerprint density at radius 1 is 1.04 bits per heavy atom. The first kappa shape index (κ1) is 16.7. The first-order valence-corrected chi connectivity index (χ1v) is 7.26. The Morgan fingerprint density at radius 3 is 2.30 bits per heavy atom. The Labute approximate surface area is 134 Å². The molecule has 120 valence electrons. The molecule has 0 aliphatic heterocycles. The summed E-state index contributed by atoms with van der Waals surface area (Å²) in [6.45, 7) is 1.47. The van der Waals surface area contributed by atoms with Crippen LogP contribution in [0.2, 0.25) is 0 Å². The third-order valence-electron chi connectivity index (χ3n) is 3.24. The molecule has 0 aromatic heterocycles. The van der Waals surface area contributed by atoms with Crippen LogP contribution < -0.4 is 5.32 Å². The van der Waals surface area contributed by atoms with Gasteiger partial charge in [0.25, 0.3) is 0 Å². The van der Waals surface area contributed by atoms with Crippen molar-refractivity contribution >= 4 is 11.9 Å². The van der Waals surface area contributed by atoms with Crippen molar-refractivity contribution < 1.29 is 18.7 Å². The predicted octanol–water partition coefficient (Wildman–Crippen LogP) is 2.62. The van der Waals surface area contributed by atoms with Crippen LogP contribution in [-0.2, 0) is 27.4 Å². The molecule has 5 heteroatoms. The number of nitrogens with one attached hydrogen (secondary N) is 1. The van der Waals surface area contributed by atoms with Gasteiger partial charge >= 0.3 is 5.97 Å². The Morgan fingerprint density at radius 2 is 1.70 bits per heavy atom. The second-order valence-electron chi connectivity index (χ2n) is 5.18. The summed E-state index contributed by atoms with van der Waals surface area (Å²) < 4.78 is 18.2. The highest BCUT2D eigenvalue weighted by Crippen LogP contribution is 2.08. The van der Waals surface area contributed by atoms with E-state index >= 15 is 0 Å². The minimum Gasteiger partial charge on any atom is -0.459 e. The molecule has 0 aliphatic carbocycles. The van der Waals surface area contributed by atoms with Crippen molar-refractivity contribution in [1.29, 1.82) is 0 Å². The van der Waals surface area contributed by atoms with Gasteiger partial charge < -0.3 is 10.1 Å². The average Bonchev–Trinajstić information content (AvgIpc) is 2.54. The van der Waals surface area contributed by atoms with Gasteiger partial charge in [0.2, 0.25) is 5.91 Å². The number of ether oxygens (including phenoxy) is 1. The molecule has 0 saturated heterocycles. The number of amides is 1. The van der Waals surface area contributed by atoms with E-state index in [0.717, 1.165) is 11.1 Å². The highest BCUT2D eigenvalue weighted by atomic mass is 19.1. The van der Waals surface area contributed by atoms with E-state index in [4.69, 9.17) is 4.74 Å². The second-order valence-corrected chi connectivity index (χ2v) is 5.18. The summed E-state index contributed by atoms with van der Waals surface area (Å²) in [6, 6.07) is 14.3. The summed E-state index contributed by atoms with van der Waals surface area (Å²) in [5, 5.41) is 2.57. The maximum absolute atomic E-state index is 12.9. The molecule has 0 aliphatic rings. The van der Waals surface area contributed by atoms with Crippen molar-refractivity contribution in [2.24, 2.45) is 0 Å². The topological polar surface area (TPSA) is 55.4 Å².